The number of quaternary nitrogens is 1. The van der Waals surface area contributed by atoms with Crippen LogP contribution in [0, 0.1) is 0 Å². The molecule has 10 heavy (non-hydrogen) atoms. The van der Waals surface area contributed by atoms with Gasteiger partial charge in [-0.1, -0.05) is 5.10 Å². The zero-order valence-electron chi connectivity index (χ0n) is 5.89. The van der Waals surface area contributed by atoms with Crippen molar-refractivity contribution < 1.29 is 22.2 Å². The van der Waals surface area contributed by atoms with Crippen LogP contribution in [0.2, 0.25) is 0 Å². The predicted octanol–water partition coefficient (Wildman–Crippen LogP) is -4.02. The molecule has 0 aliphatic carbocycles. The molecule has 1 aliphatic heterocycles. The molecule has 0 saturated heterocycles. The Kier molecular flexibility index (Phi) is 3.25. The molecule has 1 rings (SSSR count). The first-order chi connectivity index (χ1) is 4.24. The summed E-state index contributed by atoms with van der Waals surface area (Å²) in [6, 6.07) is 0. The van der Waals surface area contributed by atoms with E-state index >= 15 is 0 Å². The number of carbonyl (C=O) groups is 1. The van der Waals surface area contributed by atoms with Crippen LogP contribution in [-0.4, -0.2) is 19.0 Å². The number of likely N-dealkylation sites (N-methyl/N-ethyl adjacent to an activating group) is 1. The van der Waals surface area contributed by atoms with Gasteiger partial charge in [0.05, 0.1) is 12.8 Å². The molecule has 0 fully saturated rings. The van der Waals surface area contributed by atoms with Crippen LogP contribution >= 0.6 is 0 Å². The third kappa shape index (κ3) is 1.65. The Balaban J connectivity index is 0.000000810. The van der Waals surface area contributed by atoms with Gasteiger partial charge in [-0.25, -0.2) is 0 Å². The smallest absolute Gasteiger partial charge is 0.205 e. The van der Waals surface area contributed by atoms with Gasteiger partial charge >= 0.3 is 0 Å². The summed E-state index contributed by atoms with van der Waals surface area (Å²) in [6.45, 7) is 1.88. The third-order valence-corrected chi connectivity index (χ3v) is 1.25. The summed E-state index contributed by atoms with van der Waals surface area (Å²) >= 11 is 0. The maximum absolute atomic E-state index is 10.2. The molecule has 0 saturated carbocycles. The zero-order valence-corrected chi connectivity index (χ0v) is 6.64. The van der Waals surface area contributed by atoms with E-state index in [1.54, 1.807) is 6.08 Å². The summed E-state index contributed by atoms with van der Waals surface area (Å²) in [7, 11) is 1.83. The highest BCUT2D eigenvalue weighted by Crippen LogP contribution is 1.87. The van der Waals surface area contributed by atoms with Crippen molar-refractivity contribution in [2.24, 2.45) is 5.10 Å². The van der Waals surface area contributed by atoms with Gasteiger partial charge in [0.15, 0.2) is 5.70 Å². The van der Waals surface area contributed by atoms with Crippen LogP contribution in [0.5, 0.6) is 0 Å². The predicted molar refractivity (Wildman–Crippen MR) is 34.1 cm³/mol. The van der Waals surface area contributed by atoms with E-state index in [9.17, 15) is 4.79 Å². The van der Waals surface area contributed by atoms with Crippen molar-refractivity contribution in [1.29, 1.82) is 0 Å². The minimum absolute atomic E-state index is 0. The van der Waals surface area contributed by atoms with Crippen LogP contribution < -0.4 is 17.4 Å². The van der Waals surface area contributed by atoms with Crippen LogP contribution in [0.4, 0.5) is 0 Å². The number of aldehydes is 1. The van der Waals surface area contributed by atoms with E-state index in [1.165, 1.54) is 0 Å². The largest absolute Gasteiger partial charge is 1.00 e. The topological polar surface area (TPSA) is 33.9 Å². The molecule has 4 heteroatoms. The summed E-state index contributed by atoms with van der Waals surface area (Å²) in [6.07, 6.45) is 2.61. The number of hydrogen-bond acceptors (Lipinski definition) is 2. The van der Waals surface area contributed by atoms with Crippen LogP contribution in [-0.2, 0) is 4.79 Å². The molecular formula is C6H9ClN2O. The first-order valence-corrected chi connectivity index (χ1v) is 2.80. The SMILES string of the molecule is CC1=N[NH+](C)C(C=O)=C1.[Cl-]. The molecule has 3 nitrogen and oxygen atoms in total. The van der Waals surface area contributed by atoms with Gasteiger partial charge in [0.2, 0.25) is 6.29 Å². The number of carbonyl (C=O) groups excluding carboxylic acids is 1. The van der Waals surface area contributed by atoms with E-state index in [4.69, 9.17) is 0 Å². The molecule has 0 aromatic rings. The highest BCUT2D eigenvalue weighted by atomic mass is 35.5. The van der Waals surface area contributed by atoms with Gasteiger partial charge in [-0.2, -0.15) is 5.01 Å². The number of nitrogens with zero attached hydrogens (tertiary/aromatic N) is 1. The average Bonchev–Trinajstić information content (AvgIpc) is 2.10. The molecule has 0 amide bonds. The maximum atomic E-state index is 10.2. The van der Waals surface area contributed by atoms with E-state index in [1.807, 2.05) is 14.0 Å². The fourth-order valence-electron chi connectivity index (χ4n) is 0.810. The second-order valence-corrected chi connectivity index (χ2v) is 2.06. The first kappa shape index (κ1) is 9.33. The Morgan fingerprint density at radius 1 is 1.70 bits per heavy atom. The molecule has 1 aliphatic rings. The van der Waals surface area contributed by atoms with E-state index in [2.05, 4.69) is 5.10 Å². The molecule has 0 spiro atoms. The molecule has 0 aromatic heterocycles. The second kappa shape index (κ2) is 3.49. The van der Waals surface area contributed by atoms with Crippen molar-refractivity contribution >= 4 is 12.0 Å². The Labute approximate surface area is 65.8 Å². The van der Waals surface area contributed by atoms with Crippen molar-refractivity contribution in [3.8, 4) is 0 Å². The highest BCUT2D eigenvalue weighted by Gasteiger charge is 2.14. The van der Waals surface area contributed by atoms with Crippen LogP contribution in [0.15, 0.2) is 16.9 Å². The summed E-state index contributed by atoms with van der Waals surface area (Å²) < 4.78 is 0. The van der Waals surface area contributed by atoms with Gasteiger partial charge < -0.3 is 12.4 Å². The minimum Gasteiger partial charge on any atom is -1.00 e. The van der Waals surface area contributed by atoms with Crippen molar-refractivity contribution in [3.63, 3.8) is 0 Å². The number of halogens is 1. The Morgan fingerprint density at radius 3 is 2.50 bits per heavy atom. The van der Waals surface area contributed by atoms with Gasteiger partial charge in [-0.05, 0) is 6.92 Å². The fourth-order valence-corrected chi connectivity index (χ4v) is 0.810. The lowest BCUT2D eigenvalue weighted by Gasteiger charge is -1.95. The zero-order chi connectivity index (χ0) is 6.85. The van der Waals surface area contributed by atoms with Crippen molar-refractivity contribution in [2.75, 3.05) is 7.05 Å². The Morgan fingerprint density at radius 2 is 2.30 bits per heavy atom. The van der Waals surface area contributed by atoms with Crippen molar-refractivity contribution in [3.05, 3.63) is 11.8 Å². The monoisotopic (exact) mass is 160 g/mol. The molecule has 1 unspecified atom stereocenters. The second-order valence-electron chi connectivity index (χ2n) is 2.06. The van der Waals surface area contributed by atoms with E-state index < -0.39 is 0 Å². The summed E-state index contributed by atoms with van der Waals surface area (Å²) in [5.74, 6) is 0. The van der Waals surface area contributed by atoms with E-state index in [0.29, 0.717) is 5.70 Å². The number of hydrogen-bond donors (Lipinski definition) is 1. The molecule has 0 radical (unpaired) electrons. The number of nitrogens with one attached hydrogen (secondary N) is 1. The van der Waals surface area contributed by atoms with Crippen LogP contribution in [0.3, 0.4) is 0 Å². The van der Waals surface area contributed by atoms with Crippen LogP contribution in [0.25, 0.3) is 0 Å². The molecular weight excluding hydrogens is 152 g/mol. The Hall–Kier alpha value is -0.670. The van der Waals surface area contributed by atoms with Gasteiger partial charge in [0.25, 0.3) is 0 Å². The summed E-state index contributed by atoms with van der Waals surface area (Å²) in [5.41, 5.74) is 1.61. The number of allylic oxidation sites excluding steroid dienone is 2. The van der Waals surface area contributed by atoms with Gasteiger partial charge in [-0.3, -0.25) is 4.79 Å². The maximum Gasteiger partial charge on any atom is 0.205 e. The normalized spacial score (nSPS) is 22.8. The molecule has 1 N–H and O–H groups in total. The minimum atomic E-state index is 0. The fraction of sp³-hybridized carbons (Fsp3) is 0.333. The number of rotatable bonds is 1. The molecule has 1 heterocycles. The van der Waals surface area contributed by atoms with Gasteiger partial charge in [-0.15, -0.1) is 0 Å². The van der Waals surface area contributed by atoms with Gasteiger partial charge in [0, 0.05) is 6.08 Å². The van der Waals surface area contributed by atoms with E-state index in [-0.39, 0.29) is 12.4 Å². The lowest BCUT2D eigenvalue weighted by Crippen LogP contribution is -3.01. The highest BCUT2D eigenvalue weighted by molar-refractivity contribution is 5.97. The summed E-state index contributed by atoms with van der Waals surface area (Å²) in [5, 5.41) is 4.87. The van der Waals surface area contributed by atoms with Crippen molar-refractivity contribution in [1.82, 2.24) is 0 Å². The molecule has 0 bridgehead atoms. The van der Waals surface area contributed by atoms with Crippen molar-refractivity contribution in [2.45, 2.75) is 6.92 Å². The van der Waals surface area contributed by atoms with E-state index in [0.717, 1.165) is 17.0 Å². The lowest BCUT2D eigenvalue weighted by atomic mass is 10.3. The average molecular weight is 161 g/mol. The standard InChI is InChI=1S/C6H8N2O.ClH/c1-5-3-6(4-9)8(2)7-5;/h3-4H,1-2H3;1H. The molecule has 56 valence electrons. The first-order valence-electron chi connectivity index (χ1n) is 2.80. The molecule has 0 aromatic carbocycles. The van der Waals surface area contributed by atoms with Gasteiger partial charge in [0.1, 0.15) is 0 Å². The lowest BCUT2D eigenvalue weighted by molar-refractivity contribution is -0.837. The molecule has 1 atom stereocenters. The third-order valence-electron chi connectivity index (χ3n) is 1.25. The summed E-state index contributed by atoms with van der Waals surface area (Å²) in [4.78, 5) is 10.2. The quantitative estimate of drug-likeness (QED) is 0.390. The Bertz CT molecular complexity index is 198. The van der Waals surface area contributed by atoms with Crippen LogP contribution in [0.1, 0.15) is 6.92 Å².